The first kappa shape index (κ1) is 11.9. The normalized spacial score (nSPS) is 28.1. The molecule has 2 N–H and O–H groups in total. The van der Waals surface area contributed by atoms with Crippen LogP contribution in [-0.4, -0.2) is 43.6 Å². The summed E-state index contributed by atoms with van der Waals surface area (Å²) in [7, 11) is 0. The van der Waals surface area contributed by atoms with E-state index in [9.17, 15) is 5.11 Å². The van der Waals surface area contributed by atoms with Crippen molar-refractivity contribution in [1.29, 1.82) is 0 Å². The topological polar surface area (TPSA) is 80.4 Å². The Hall–Kier alpha value is -1.21. The van der Waals surface area contributed by atoms with E-state index in [1.165, 1.54) is 6.33 Å². The van der Waals surface area contributed by atoms with Gasteiger partial charge in [0.1, 0.15) is 29.5 Å². The second-order valence-corrected chi connectivity index (χ2v) is 4.60. The van der Waals surface area contributed by atoms with Crippen LogP contribution in [0.15, 0.2) is 18.6 Å². The van der Waals surface area contributed by atoms with Gasteiger partial charge < -0.3 is 19.5 Å². The molecule has 3 atom stereocenters. The molecule has 1 aliphatic rings. The summed E-state index contributed by atoms with van der Waals surface area (Å²) in [5.41, 5.74) is 0.658. The summed E-state index contributed by atoms with van der Waals surface area (Å²) >= 11 is 5.97. The minimum Gasteiger partial charge on any atom is -0.394 e. The van der Waals surface area contributed by atoms with Crippen LogP contribution in [0.4, 0.5) is 0 Å². The van der Waals surface area contributed by atoms with E-state index in [0.29, 0.717) is 17.2 Å². The number of hydrogen-bond donors (Lipinski definition) is 2. The lowest BCUT2D eigenvalue weighted by atomic mass is 10.2. The number of aromatic nitrogens is 3. The first-order valence-corrected chi connectivity index (χ1v) is 6.00. The minimum absolute atomic E-state index is 0.202. The molecular formula is C11H12ClN3O3. The van der Waals surface area contributed by atoms with E-state index in [1.54, 1.807) is 16.8 Å². The first-order chi connectivity index (χ1) is 8.70. The zero-order chi connectivity index (χ0) is 12.7. The average molecular weight is 270 g/mol. The molecule has 96 valence electrons. The highest BCUT2D eigenvalue weighted by molar-refractivity contribution is 6.33. The maximum absolute atomic E-state index is 9.73. The zero-order valence-electron chi connectivity index (χ0n) is 9.40. The average Bonchev–Trinajstić information content (AvgIpc) is 2.93. The van der Waals surface area contributed by atoms with Crippen LogP contribution in [0.1, 0.15) is 12.6 Å². The smallest absolute Gasteiger partial charge is 0.146 e. The molecule has 2 aromatic rings. The third-order valence-electron chi connectivity index (χ3n) is 3.15. The molecule has 2 aromatic heterocycles. The lowest BCUT2D eigenvalue weighted by Gasteiger charge is -2.14. The van der Waals surface area contributed by atoms with Crippen molar-refractivity contribution in [3.05, 3.63) is 23.7 Å². The fraction of sp³-hybridized carbons (Fsp3) is 0.455. The van der Waals surface area contributed by atoms with Gasteiger partial charge in [-0.05, 0) is 6.07 Å². The van der Waals surface area contributed by atoms with E-state index in [1.807, 2.05) is 0 Å². The van der Waals surface area contributed by atoms with Crippen molar-refractivity contribution in [2.45, 2.75) is 24.9 Å². The Balaban J connectivity index is 1.99. The number of ether oxygens (including phenoxy) is 1. The molecule has 1 saturated heterocycles. The van der Waals surface area contributed by atoms with Crippen molar-refractivity contribution in [2.75, 3.05) is 6.61 Å². The molecule has 0 radical (unpaired) electrons. The Morgan fingerprint density at radius 2 is 2.33 bits per heavy atom. The quantitative estimate of drug-likeness (QED) is 0.786. The van der Waals surface area contributed by atoms with Crippen molar-refractivity contribution >= 4 is 22.6 Å². The number of halogens is 1. The van der Waals surface area contributed by atoms with E-state index >= 15 is 0 Å². The van der Waals surface area contributed by atoms with Gasteiger partial charge in [0, 0.05) is 12.6 Å². The van der Waals surface area contributed by atoms with E-state index < -0.39 is 12.2 Å². The Bertz CT molecular complexity index is 574. The van der Waals surface area contributed by atoms with Gasteiger partial charge in [0.25, 0.3) is 0 Å². The molecule has 0 amide bonds. The summed E-state index contributed by atoms with van der Waals surface area (Å²) in [6.45, 7) is -0.202. The van der Waals surface area contributed by atoms with Crippen molar-refractivity contribution in [2.24, 2.45) is 0 Å². The largest absolute Gasteiger partial charge is 0.394 e. The van der Waals surface area contributed by atoms with Crippen molar-refractivity contribution in [3.63, 3.8) is 0 Å². The Morgan fingerprint density at radius 1 is 1.50 bits per heavy atom. The van der Waals surface area contributed by atoms with E-state index in [2.05, 4.69) is 9.97 Å². The van der Waals surface area contributed by atoms with Crippen LogP contribution >= 0.6 is 11.6 Å². The van der Waals surface area contributed by atoms with Crippen LogP contribution in [-0.2, 0) is 4.74 Å². The van der Waals surface area contributed by atoms with Crippen molar-refractivity contribution in [3.8, 4) is 0 Å². The van der Waals surface area contributed by atoms with Gasteiger partial charge in [-0.3, -0.25) is 0 Å². The van der Waals surface area contributed by atoms with Gasteiger partial charge in [0.2, 0.25) is 0 Å². The minimum atomic E-state index is -0.672. The standard InChI is InChI=1S/C11H12ClN3O3/c12-10-6-1-2-15(11(6)14-5-13-10)9-3-7(17)8(4-16)18-9/h1-2,5,7-9,16-17H,3-4H2/t7-,8+,9?/m0/s1. The van der Waals surface area contributed by atoms with E-state index in [4.69, 9.17) is 21.4 Å². The number of nitrogens with zero attached hydrogens (tertiary/aromatic N) is 3. The number of rotatable bonds is 2. The van der Waals surface area contributed by atoms with Gasteiger partial charge in [-0.1, -0.05) is 11.6 Å². The van der Waals surface area contributed by atoms with Crippen LogP contribution in [0.3, 0.4) is 0 Å². The van der Waals surface area contributed by atoms with Crippen LogP contribution in [0, 0.1) is 0 Å². The third kappa shape index (κ3) is 1.78. The molecule has 0 bridgehead atoms. The summed E-state index contributed by atoms with van der Waals surface area (Å²) in [6.07, 6.45) is 2.02. The van der Waals surface area contributed by atoms with Gasteiger partial charge in [-0.25, -0.2) is 9.97 Å². The summed E-state index contributed by atoms with van der Waals surface area (Å²) in [4.78, 5) is 8.07. The Kier molecular flexibility index (Phi) is 2.95. The molecule has 0 aliphatic carbocycles. The Labute approximate surface area is 108 Å². The van der Waals surface area contributed by atoms with Crippen LogP contribution in [0.5, 0.6) is 0 Å². The molecule has 3 rings (SSSR count). The predicted octanol–water partition coefficient (Wildman–Crippen LogP) is 0.725. The molecule has 18 heavy (non-hydrogen) atoms. The van der Waals surface area contributed by atoms with Gasteiger partial charge in [0.05, 0.1) is 18.1 Å². The number of hydrogen-bond acceptors (Lipinski definition) is 5. The molecule has 7 heteroatoms. The molecule has 1 fully saturated rings. The predicted molar refractivity (Wildman–Crippen MR) is 64.2 cm³/mol. The SMILES string of the molecule is OC[C@H]1OC(n2ccc3c(Cl)ncnc32)C[C@@H]1O. The fourth-order valence-electron chi connectivity index (χ4n) is 2.22. The van der Waals surface area contributed by atoms with Gasteiger partial charge in [0.15, 0.2) is 0 Å². The van der Waals surface area contributed by atoms with Gasteiger partial charge >= 0.3 is 0 Å². The maximum Gasteiger partial charge on any atom is 0.146 e. The summed E-state index contributed by atoms with van der Waals surface area (Å²) in [6, 6.07) is 1.81. The summed E-state index contributed by atoms with van der Waals surface area (Å²) in [5, 5.41) is 19.9. The second-order valence-electron chi connectivity index (χ2n) is 4.24. The monoisotopic (exact) mass is 269 g/mol. The van der Waals surface area contributed by atoms with Crippen molar-refractivity contribution < 1.29 is 14.9 Å². The molecule has 0 saturated carbocycles. The summed E-state index contributed by atoms with van der Waals surface area (Å²) in [5.74, 6) is 0. The van der Waals surface area contributed by atoms with Crippen LogP contribution in [0.2, 0.25) is 5.15 Å². The molecule has 6 nitrogen and oxygen atoms in total. The molecule has 0 spiro atoms. The fourth-order valence-corrected chi connectivity index (χ4v) is 2.41. The lowest BCUT2D eigenvalue weighted by Crippen LogP contribution is -2.24. The lowest BCUT2D eigenvalue weighted by molar-refractivity contribution is -0.0430. The maximum atomic E-state index is 9.73. The molecule has 1 aliphatic heterocycles. The molecule has 1 unspecified atom stereocenters. The van der Waals surface area contributed by atoms with Gasteiger partial charge in [-0.15, -0.1) is 0 Å². The first-order valence-electron chi connectivity index (χ1n) is 5.62. The number of fused-ring (bicyclic) bond motifs is 1. The van der Waals surface area contributed by atoms with Crippen LogP contribution in [0.25, 0.3) is 11.0 Å². The van der Waals surface area contributed by atoms with E-state index in [0.717, 1.165) is 5.39 Å². The highest BCUT2D eigenvalue weighted by Crippen LogP contribution is 2.32. The summed E-state index contributed by atoms with van der Waals surface area (Å²) < 4.78 is 7.37. The molecular weight excluding hydrogens is 258 g/mol. The third-order valence-corrected chi connectivity index (χ3v) is 3.46. The van der Waals surface area contributed by atoms with Crippen molar-refractivity contribution in [1.82, 2.24) is 14.5 Å². The number of aliphatic hydroxyl groups is 2. The highest BCUT2D eigenvalue weighted by Gasteiger charge is 2.34. The van der Waals surface area contributed by atoms with E-state index in [-0.39, 0.29) is 12.8 Å². The molecule has 3 heterocycles. The zero-order valence-corrected chi connectivity index (χ0v) is 10.2. The Morgan fingerprint density at radius 3 is 3.06 bits per heavy atom. The van der Waals surface area contributed by atoms with Crippen LogP contribution < -0.4 is 0 Å². The number of aliphatic hydroxyl groups excluding tert-OH is 2. The van der Waals surface area contributed by atoms with Gasteiger partial charge in [-0.2, -0.15) is 0 Å². The second kappa shape index (κ2) is 4.47. The molecule has 0 aromatic carbocycles. The highest BCUT2D eigenvalue weighted by atomic mass is 35.5.